The van der Waals surface area contributed by atoms with Crippen molar-refractivity contribution in [2.75, 3.05) is 17.2 Å². The molecule has 116 valence electrons. The van der Waals surface area contributed by atoms with Crippen LogP contribution in [0.4, 0.5) is 16.2 Å². The van der Waals surface area contributed by atoms with E-state index in [1.54, 1.807) is 6.07 Å². The predicted molar refractivity (Wildman–Crippen MR) is 86.1 cm³/mol. The van der Waals surface area contributed by atoms with E-state index in [9.17, 15) is 4.39 Å². The molecular weight excluding hydrogens is 279 g/mol. The molecule has 0 spiro atoms. The first-order valence-corrected chi connectivity index (χ1v) is 7.77. The van der Waals surface area contributed by atoms with Gasteiger partial charge in [-0.1, -0.05) is 31.0 Å². The number of benzene rings is 1. The van der Waals surface area contributed by atoms with Crippen LogP contribution in [-0.2, 0) is 0 Å². The van der Waals surface area contributed by atoms with Crippen molar-refractivity contribution in [3.8, 4) is 0 Å². The third-order valence-electron chi connectivity index (χ3n) is 4.17. The maximum atomic E-state index is 14.3. The van der Waals surface area contributed by atoms with Crippen LogP contribution >= 0.6 is 0 Å². The Morgan fingerprint density at radius 3 is 2.77 bits per heavy atom. The molecule has 1 aliphatic heterocycles. The first-order chi connectivity index (χ1) is 10.6. The number of hydrogen-bond donors (Lipinski definition) is 1. The smallest absolute Gasteiger partial charge is 0.222 e. The van der Waals surface area contributed by atoms with Crippen LogP contribution in [0.2, 0.25) is 0 Å². The van der Waals surface area contributed by atoms with Gasteiger partial charge < -0.3 is 10.6 Å². The van der Waals surface area contributed by atoms with E-state index in [1.165, 1.54) is 6.07 Å². The third-order valence-corrected chi connectivity index (χ3v) is 4.17. The van der Waals surface area contributed by atoms with Gasteiger partial charge >= 0.3 is 0 Å². The summed E-state index contributed by atoms with van der Waals surface area (Å²) in [5, 5.41) is 0. The Morgan fingerprint density at radius 1 is 1.18 bits per heavy atom. The zero-order valence-corrected chi connectivity index (χ0v) is 12.8. The van der Waals surface area contributed by atoms with E-state index in [4.69, 9.17) is 5.73 Å². The van der Waals surface area contributed by atoms with Crippen molar-refractivity contribution in [2.24, 2.45) is 0 Å². The Hall–Kier alpha value is -2.17. The minimum absolute atomic E-state index is 0.00241. The molecule has 0 unspecified atom stereocenters. The van der Waals surface area contributed by atoms with Crippen LogP contribution < -0.4 is 10.6 Å². The Kier molecular flexibility index (Phi) is 4.22. The SMILES string of the molecule is Cc1cc(N2CCCCC[C@H]2c2ccccc2F)nc(N)n1. The lowest BCUT2D eigenvalue weighted by atomic mass is 10.00. The summed E-state index contributed by atoms with van der Waals surface area (Å²) in [6, 6.07) is 8.94. The molecule has 1 fully saturated rings. The van der Waals surface area contributed by atoms with E-state index in [1.807, 2.05) is 25.1 Å². The van der Waals surface area contributed by atoms with Gasteiger partial charge in [-0.05, 0) is 25.8 Å². The Balaban J connectivity index is 2.03. The fourth-order valence-corrected chi connectivity index (χ4v) is 3.17. The largest absolute Gasteiger partial charge is 0.368 e. The lowest BCUT2D eigenvalue weighted by Gasteiger charge is -2.32. The van der Waals surface area contributed by atoms with Crippen molar-refractivity contribution >= 4 is 11.8 Å². The number of anilines is 2. The molecule has 2 aromatic rings. The van der Waals surface area contributed by atoms with Crippen LogP contribution in [0.15, 0.2) is 30.3 Å². The summed E-state index contributed by atoms with van der Waals surface area (Å²) in [4.78, 5) is 10.7. The number of hydrogen-bond acceptors (Lipinski definition) is 4. The van der Waals surface area contributed by atoms with Crippen LogP contribution in [0, 0.1) is 12.7 Å². The van der Waals surface area contributed by atoms with Crippen molar-refractivity contribution in [1.29, 1.82) is 0 Å². The average Bonchev–Trinajstić information content (AvgIpc) is 2.72. The fourth-order valence-electron chi connectivity index (χ4n) is 3.17. The lowest BCUT2D eigenvalue weighted by Crippen LogP contribution is -2.30. The Morgan fingerprint density at radius 2 is 2.00 bits per heavy atom. The number of aryl methyl sites for hydroxylation is 1. The minimum atomic E-state index is -0.154. The van der Waals surface area contributed by atoms with E-state index in [2.05, 4.69) is 14.9 Å². The van der Waals surface area contributed by atoms with Crippen molar-refractivity contribution < 1.29 is 4.39 Å². The summed E-state index contributed by atoms with van der Waals surface area (Å²) in [7, 11) is 0. The average molecular weight is 300 g/mol. The van der Waals surface area contributed by atoms with Gasteiger partial charge in [0.25, 0.3) is 0 Å². The number of aromatic nitrogens is 2. The first kappa shape index (κ1) is 14.8. The highest BCUT2D eigenvalue weighted by Gasteiger charge is 2.26. The molecule has 0 aliphatic carbocycles. The van der Waals surface area contributed by atoms with Crippen LogP contribution in [0.1, 0.15) is 43.0 Å². The molecule has 2 N–H and O–H groups in total. The molecule has 0 bridgehead atoms. The maximum absolute atomic E-state index is 14.3. The molecule has 1 aromatic heterocycles. The van der Waals surface area contributed by atoms with Crippen molar-refractivity contribution in [2.45, 2.75) is 38.6 Å². The van der Waals surface area contributed by atoms with Gasteiger partial charge in [-0.2, -0.15) is 4.98 Å². The Labute approximate surface area is 130 Å². The van der Waals surface area contributed by atoms with Crippen LogP contribution in [0.5, 0.6) is 0 Å². The zero-order chi connectivity index (χ0) is 15.5. The molecule has 22 heavy (non-hydrogen) atoms. The highest BCUT2D eigenvalue weighted by molar-refractivity contribution is 5.46. The molecule has 2 heterocycles. The van der Waals surface area contributed by atoms with Gasteiger partial charge in [-0.15, -0.1) is 0 Å². The second-order valence-electron chi connectivity index (χ2n) is 5.81. The highest BCUT2D eigenvalue weighted by atomic mass is 19.1. The molecule has 3 rings (SSSR count). The first-order valence-electron chi connectivity index (χ1n) is 7.77. The van der Waals surface area contributed by atoms with Crippen LogP contribution in [-0.4, -0.2) is 16.5 Å². The zero-order valence-electron chi connectivity index (χ0n) is 12.8. The minimum Gasteiger partial charge on any atom is -0.368 e. The summed E-state index contributed by atoms with van der Waals surface area (Å²) in [5.74, 6) is 0.907. The predicted octanol–water partition coefficient (Wildman–Crippen LogP) is 3.63. The van der Waals surface area contributed by atoms with E-state index < -0.39 is 0 Å². The van der Waals surface area contributed by atoms with Gasteiger partial charge in [0.15, 0.2) is 0 Å². The van der Waals surface area contributed by atoms with Gasteiger partial charge in [-0.25, -0.2) is 9.37 Å². The highest BCUT2D eigenvalue weighted by Crippen LogP contribution is 2.34. The van der Waals surface area contributed by atoms with Gasteiger partial charge in [-0.3, -0.25) is 0 Å². The van der Waals surface area contributed by atoms with Gasteiger partial charge in [0, 0.05) is 23.9 Å². The molecular formula is C17H21FN4. The van der Waals surface area contributed by atoms with Crippen molar-refractivity contribution in [3.05, 3.63) is 47.4 Å². The Bertz CT molecular complexity index is 639. The number of nitrogens with zero attached hydrogens (tertiary/aromatic N) is 3. The van der Waals surface area contributed by atoms with Gasteiger partial charge in [0.05, 0.1) is 6.04 Å². The number of nitrogen functional groups attached to an aromatic ring is 1. The molecule has 1 saturated heterocycles. The summed E-state index contributed by atoms with van der Waals surface area (Å²) in [6.07, 6.45) is 4.24. The van der Waals surface area contributed by atoms with E-state index >= 15 is 0 Å². The van der Waals surface area contributed by atoms with E-state index in [0.717, 1.165) is 49.3 Å². The summed E-state index contributed by atoms with van der Waals surface area (Å²) in [5.41, 5.74) is 7.36. The normalized spacial score (nSPS) is 19.0. The third kappa shape index (κ3) is 3.03. The van der Waals surface area contributed by atoms with Crippen molar-refractivity contribution in [1.82, 2.24) is 9.97 Å². The molecule has 4 nitrogen and oxygen atoms in total. The molecule has 1 aromatic carbocycles. The van der Waals surface area contributed by atoms with Crippen LogP contribution in [0.25, 0.3) is 0 Å². The van der Waals surface area contributed by atoms with Crippen LogP contribution in [0.3, 0.4) is 0 Å². The standard InChI is InChI=1S/C17H21FN4/c1-12-11-16(21-17(19)20-12)22-10-6-2-3-9-15(22)13-7-4-5-8-14(13)18/h4-5,7-8,11,15H,2-3,6,9-10H2,1H3,(H2,19,20,21)/t15-/m0/s1. The monoisotopic (exact) mass is 300 g/mol. The second-order valence-corrected chi connectivity index (χ2v) is 5.81. The second kappa shape index (κ2) is 6.30. The topological polar surface area (TPSA) is 55.0 Å². The molecule has 0 amide bonds. The fraction of sp³-hybridized carbons (Fsp3) is 0.412. The lowest BCUT2D eigenvalue weighted by molar-refractivity contribution is 0.540. The van der Waals surface area contributed by atoms with Gasteiger partial charge in [0.1, 0.15) is 11.6 Å². The van der Waals surface area contributed by atoms with Crippen molar-refractivity contribution in [3.63, 3.8) is 0 Å². The molecule has 5 heteroatoms. The molecule has 0 radical (unpaired) electrons. The number of nitrogens with two attached hydrogens (primary N) is 1. The summed E-state index contributed by atoms with van der Waals surface area (Å²) < 4.78 is 14.3. The maximum Gasteiger partial charge on any atom is 0.222 e. The van der Waals surface area contributed by atoms with E-state index in [0.29, 0.717) is 0 Å². The summed E-state index contributed by atoms with van der Waals surface area (Å²) >= 11 is 0. The summed E-state index contributed by atoms with van der Waals surface area (Å²) in [6.45, 7) is 2.76. The quantitative estimate of drug-likeness (QED) is 0.920. The number of halogens is 1. The molecule has 0 saturated carbocycles. The molecule has 1 aliphatic rings. The van der Waals surface area contributed by atoms with E-state index in [-0.39, 0.29) is 17.8 Å². The van der Waals surface area contributed by atoms with Gasteiger partial charge in [0.2, 0.25) is 5.95 Å². The molecule has 1 atom stereocenters. The number of rotatable bonds is 2.